The summed E-state index contributed by atoms with van der Waals surface area (Å²) in [5.41, 5.74) is 1.13. The van der Waals surface area contributed by atoms with Crippen LogP contribution in [-0.2, 0) is 11.2 Å². The summed E-state index contributed by atoms with van der Waals surface area (Å²) in [5.74, 6) is 0.969. The molecular weight excluding hydrogens is 288 g/mol. The van der Waals surface area contributed by atoms with E-state index in [1.807, 2.05) is 24.3 Å². The number of amides is 1. The molecule has 23 heavy (non-hydrogen) atoms. The van der Waals surface area contributed by atoms with Crippen LogP contribution in [0.3, 0.4) is 0 Å². The van der Waals surface area contributed by atoms with Crippen LogP contribution in [0.25, 0.3) is 0 Å². The van der Waals surface area contributed by atoms with Gasteiger partial charge in [0.05, 0.1) is 13.7 Å². The van der Waals surface area contributed by atoms with Crippen LogP contribution in [0.15, 0.2) is 24.3 Å². The number of benzene rings is 1. The lowest BCUT2D eigenvalue weighted by Crippen LogP contribution is -2.40. The highest BCUT2D eigenvalue weighted by atomic mass is 16.5. The normalized spacial score (nSPS) is 16.4. The number of carbonyl (C=O) groups is 1. The minimum Gasteiger partial charge on any atom is -0.496 e. The van der Waals surface area contributed by atoms with E-state index in [0.717, 1.165) is 17.7 Å². The van der Waals surface area contributed by atoms with Gasteiger partial charge in [0.15, 0.2) is 0 Å². The smallest absolute Gasteiger partial charge is 0.233 e. The van der Waals surface area contributed by atoms with Crippen LogP contribution in [0, 0.1) is 0 Å². The van der Waals surface area contributed by atoms with Gasteiger partial charge in [0.25, 0.3) is 0 Å². The monoisotopic (exact) mass is 318 g/mol. The zero-order chi connectivity index (χ0) is 16.3. The minimum absolute atomic E-state index is 0.0851. The van der Waals surface area contributed by atoms with E-state index in [9.17, 15) is 4.79 Å². The Labute approximate surface area is 140 Å². The summed E-state index contributed by atoms with van der Waals surface area (Å²) in [5, 5.41) is 6.42. The minimum atomic E-state index is 0.0851. The van der Waals surface area contributed by atoms with Gasteiger partial charge in [-0.15, -0.1) is 0 Å². The molecule has 0 atom stereocenters. The number of carbonyl (C=O) groups excluding carboxylic acids is 1. The molecule has 0 bridgehead atoms. The second-order valence-electron chi connectivity index (χ2n) is 6.33. The average Bonchev–Trinajstić information content (AvgIpc) is 2.54. The number of nitrogens with one attached hydrogen (secondary N) is 2. The molecule has 0 radical (unpaired) electrons. The molecule has 0 aromatic heterocycles. The molecule has 4 nitrogen and oxygen atoms in total. The Bertz CT molecular complexity index is 468. The van der Waals surface area contributed by atoms with E-state index in [1.54, 1.807) is 7.11 Å². The molecule has 2 rings (SSSR count). The summed E-state index contributed by atoms with van der Waals surface area (Å²) >= 11 is 0. The van der Waals surface area contributed by atoms with Crippen molar-refractivity contribution in [1.29, 1.82) is 0 Å². The second kappa shape index (κ2) is 10.3. The van der Waals surface area contributed by atoms with Crippen molar-refractivity contribution < 1.29 is 9.53 Å². The number of rotatable bonds is 7. The highest BCUT2D eigenvalue weighted by Crippen LogP contribution is 2.18. The van der Waals surface area contributed by atoms with Crippen LogP contribution in [0.2, 0.25) is 0 Å². The van der Waals surface area contributed by atoms with Crippen LogP contribution < -0.4 is 15.4 Å². The Morgan fingerprint density at radius 2 is 1.83 bits per heavy atom. The van der Waals surface area contributed by atoms with Gasteiger partial charge in [0, 0.05) is 12.6 Å². The standard InChI is InChI=1S/C19H30N2O2/c1-23-18-12-8-7-9-16(18)13-14-20-19(22)15-21-17-10-5-3-2-4-6-11-17/h7-9,12,17,21H,2-6,10-11,13-15H2,1H3,(H,20,22). The summed E-state index contributed by atoms with van der Waals surface area (Å²) in [6.07, 6.45) is 9.81. The highest BCUT2D eigenvalue weighted by Gasteiger charge is 2.12. The van der Waals surface area contributed by atoms with Crippen LogP contribution >= 0.6 is 0 Å². The third-order valence-electron chi connectivity index (χ3n) is 4.57. The van der Waals surface area contributed by atoms with Crippen molar-refractivity contribution >= 4 is 5.91 Å². The fourth-order valence-corrected chi connectivity index (χ4v) is 3.21. The predicted octanol–water partition coefficient (Wildman–Crippen LogP) is 3.06. The number of ether oxygens (including phenoxy) is 1. The molecule has 2 N–H and O–H groups in total. The number of methoxy groups -OCH3 is 1. The van der Waals surface area contributed by atoms with Crippen LogP contribution in [0.4, 0.5) is 0 Å². The zero-order valence-corrected chi connectivity index (χ0v) is 14.3. The Balaban J connectivity index is 1.64. The van der Waals surface area contributed by atoms with Gasteiger partial charge in [0.2, 0.25) is 5.91 Å². The first-order valence-corrected chi connectivity index (χ1v) is 8.91. The molecule has 128 valence electrons. The quantitative estimate of drug-likeness (QED) is 0.812. The van der Waals surface area contributed by atoms with Gasteiger partial charge in [-0.3, -0.25) is 4.79 Å². The van der Waals surface area contributed by atoms with Crippen LogP contribution in [0.5, 0.6) is 5.75 Å². The van der Waals surface area contributed by atoms with Gasteiger partial charge in [-0.2, -0.15) is 0 Å². The van der Waals surface area contributed by atoms with Gasteiger partial charge >= 0.3 is 0 Å². The molecule has 1 aromatic carbocycles. The van der Waals surface area contributed by atoms with Crippen LogP contribution in [-0.4, -0.2) is 32.1 Å². The molecule has 4 heteroatoms. The SMILES string of the molecule is COc1ccccc1CCNC(=O)CNC1CCCCCCC1. The molecule has 1 aliphatic rings. The van der Waals surface area contributed by atoms with E-state index in [4.69, 9.17) is 4.74 Å². The Morgan fingerprint density at radius 3 is 2.57 bits per heavy atom. The summed E-state index contributed by atoms with van der Waals surface area (Å²) in [6, 6.07) is 8.45. The molecule has 1 aromatic rings. The third-order valence-corrected chi connectivity index (χ3v) is 4.57. The van der Waals surface area contributed by atoms with E-state index in [2.05, 4.69) is 10.6 Å². The van der Waals surface area contributed by atoms with E-state index < -0.39 is 0 Å². The Hall–Kier alpha value is -1.55. The van der Waals surface area contributed by atoms with Crippen molar-refractivity contribution in [2.75, 3.05) is 20.2 Å². The average molecular weight is 318 g/mol. The van der Waals surface area contributed by atoms with Crippen molar-refractivity contribution in [1.82, 2.24) is 10.6 Å². The summed E-state index contributed by atoms with van der Waals surface area (Å²) < 4.78 is 5.33. The van der Waals surface area contributed by atoms with Gasteiger partial charge in [-0.1, -0.05) is 50.3 Å². The van der Waals surface area contributed by atoms with E-state index in [-0.39, 0.29) is 5.91 Å². The molecule has 0 heterocycles. The number of hydrogen-bond acceptors (Lipinski definition) is 3. The Kier molecular flexibility index (Phi) is 7.95. The second-order valence-corrected chi connectivity index (χ2v) is 6.33. The zero-order valence-electron chi connectivity index (χ0n) is 14.3. The predicted molar refractivity (Wildman–Crippen MR) is 93.8 cm³/mol. The maximum absolute atomic E-state index is 12.0. The van der Waals surface area contributed by atoms with Crippen molar-refractivity contribution in [3.8, 4) is 5.75 Å². The van der Waals surface area contributed by atoms with Gasteiger partial charge in [0.1, 0.15) is 5.75 Å². The van der Waals surface area contributed by atoms with Crippen molar-refractivity contribution in [3.05, 3.63) is 29.8 Å². The molecule has 1 amide bonds. The number of para-hydroxylation sites is 1. The lowest BCUT2D eigenvalue weighted by molar-refractivity contribution is -0.120. The van der Waals surface area contributed by atoms with E-state index >= 15 is 0 Å². The fraction of sp³-hybridized carbons (Fsp3) is 0.632. The lowest BCUT2D eigenvalue weighted by atomic mass is 9.97. The van der Waals surface area contributed by atoms with Gasteiger partial charge in [-0.25, -0.2) is 0 Å². The highest BCUT2D eigenvalue weighted by molar-refractivity contribution is 5.78. The molecule has 0 spiro atoms. The summed E-state index contributed by atoms with van der Waals surface area (Å²) in [7, 11) is 1.68. The van der Waals surface area contributed by atoms with Crippen molar-refractivity contribution in [2.24, 2.45) is 0 Å². The van der Waals surface area contributed by atoms with E-state index in [0.29, 0.717) is 19.1 Å². The maximum atomic E-state index is 12.0. The summed E-state index contributed by atoms with van der Waals surface area (Å²) in [4.78, 5) is 12.0. The molecule has 0 saturated heterocycles. The molecule has 0 unspecified atom stereocenters. The third kappa shape index (κ3) is 6.61. The molecule has 1 fully saturated rings. The molecule has 1 aliphatic carbocycles. The fourth-order valence-electron chi connectivity index (χ4n) is 3.21. The van der Waals surface area contributed by atoms with Crippen LogP contribution in [0.1, 0.15) is 50.5 Å². The Morgan fingerprint density at radius 1 is 1.13 bits per heavy atom. The molecule has 1 saturated carbocycles. The van der Waals surface area contributed by atoms with E-state index in [1.165, 1.54) is 44.9 Å². The largest absolute Gasteiger partial charge is 0.496 e. The summed E-state index contributed by atoms with van der Waals surface area (Å²) in [6.45, 7) is 1.07. The maximum Gasteiger partial charge on any atom is 0.233 e. The molecular formula is C19H30N2O2. The van der Waals surface area contributed by atoms with Crippen molar-refractivity contribution in [2.45, 2.75) is 57.4 Å². The molecule has 0 aliphatic heterocycles. The van der Waals surface area contributed by atoms with Gasteiger partial charge < -0.3 is 15.4 Å². The number of hydrogen-bond donors (Lipinski definition) is 2. The first-order valence-electron chi connectivity index (χ1n) is 8.91. The first-order chi connectivity index (χ1) is 11.3. The van der Waals surface area contributed by atoms with Gasteiger partial charge in [-0.05, 0) is 30.9 Å². The van der Waals surface area contributed by atoms with Crippen molar-refractivity contribution in [3.63, 3.8) is 0 Å². The topological polar surface area (TPSA) is 50.4 Å². The first kappa shape index (κ1) is 17.8. The lowest BCUT2D eigenvalue weighted by Gasteiger charge is -2.20.